The number of pyridine rings is 1. The van der Waals surface area contributed by atoms with Crippen molar-refractivity contribution in [2.75, 3.05) is 14.2 Å². The molecule has 21 heavy (non-hydrogen) atoms. The molecule has 0 spiro atoms. The van der Waals surface area contributed by atoms with Gasteiger partial charge < -0.3 is 9.29 Å². The van der Waals surface area contributed by atoms with Crippen LogP contribution in [0, 0.1) is 0 Å². The molecule has 6 nitrogen and oxygen atoms in total. The first kappa shape index (κ1) is 17.1. The molecule has 7 heteroatoms. The maximum Gasteiger partial charge on any atom is 0.217 e. The topological polar surface area (TPSA) is 79.5 Å². The third-order valence-corrected chi connectivity index (χ3v) is 2.91. The number of benzene rings is 1. The first-order valence-electron chi connectivity index (χ1n) is 6.03. The van der Waals surface area contributed by atoms with Gasteiger partial charge in [0.2, 0.25) is 10.4 Å². The van der Waals surface area contributed by atoms with E-state index < -0.39 is 10.4 Å². The van der Waals surface area contributed by atoms with Gasteiger partial charge in [0.05, 0.1) is 14.2 Å². The third-order valence-electron chi connectivity index (χ3n) is 2.51. The summed E-state index contributed by atoms with van der Waals surface area (Å²) >= 11 is 0. The first-order valence-corrected chi connectivity index (χ1v) is 7.36. The largest absolute Gasteiger partial charge is 0.726 e. The summed E-state index contributed by atoms with van der Waals surface area (Å²) in [6.45, 7) is 0.894. The van der Waals surface area contributed by atoms with Crippen LogP contribution in [0.5, 0.6) is 5.75 Å². The summed E-state index contributed by atoms with van der Waals surface area (Å²) in [5.41, 5.74) is 1.27. The minimum atomic E-state index is -4.41. The normalized spacial score (nSPS) is 10.4. The van der Waals surface area contributed by atoms with Crippen LogP contribution in [-0.4, -0.2) is 27.2 Å². The van der Waals surface area contributed by atoms with Crippen LogP contribution in [0.25, 0.3) is 0 Å². The lowest BCUT2D eigenvalue weighted by atomic mass is 10.2. The maximum absolute atomic E-state index is 9.22. The van der Waals surface area contributed by atoms with Crippen molar-refractivity contribution in [2.45, 2.75) is 6.54 Å². The van der Waals surface area contributed by atoms with Gasteiger partial charge in [-0.15, -0.1) is 0 Å². The molecule has 0 aliphatic carbocycles. The van der Waals surface area contributed by atoms with Gasteiger partial charge >= 0.3 is 0 Å². The Bertz CT molecular complexity index is 626. The molecule has 1 heterocycles. The molecular weight excluding hydrogens is 294 g/mol. The summed E-state index contributed by atoms with van der Waals surface area (Å²) in [4.78, 5) is 0. The van der Waals surface area contributed by atoms with Crippen LogP contribution in [0.2, 0.25) is 0 Å². The molecule has 1 aromatic carbocycles. The molecule has 0 radical (unpaired) electrons. The van der Waals surface area contributed by atoms with Crippen LogP contribution in [0.15, 0.2) is 54.9 Å². The van der Waals surface area contributed by atoms with Crippen molar-refractivity contribution in [1.29, 1.82) is 0 Å². The molecule has 0 aliphatic heterocycles. The van der Waals surface area contributed by atoms with Gasteiger partial charge in [0.15, 0.2) is 18.9 Å². The van der Waals surface area contributed by atoms with Gasteiger partial charge in [0.1, 0.15) is 5.75 Å². The number of rotatable bonds is 4. The summed E-state index contributed by atoms with van der Waals surface area (Å²) in [5.74, 6) is 0.900. The quantitative estimate of drug-likeness (QED) is 0.480. The number of hydrogen-bond donors (Lipinski definition) is 0. The highest BCUT2D eigenvalue weighted by Crippen LogP contribution is 2.10. The summed E-state index contributed by atoms with van der Waals surface area (Å²) in [6.07, 6.45) is 4.12. The Hall–Kier alpha value is -1.96. The summed E-state index contributed by atoms with van der Waals surface area (Å²) in [5, 5.41) is 0. The van der Waals surface area contributed by atoms with Gasteiger partial charge in [-0.3, -0.25) is 4.18 Å². The van der Waals surface area contributed by atoms with E-state index in [0.717, 1.165) is 19.4 Å². The predicted octanol–water partition coefficient (Wildman–Crippen LogP) is 1.12. The minimum Gasteiger partial charge on any atom is -0.726 e. The zero-order valence-corrected chi connectivity index (χ0v) is 12.6. The fraction of sp³-hybridized carbons (Fsp3) is 0.214. The molecular formula is C14H17NO5S. The number of methoxy groups -OCH3 is 1. The molecule has 2 rings (SSSR count). The Morgan fingerprint density at radius 2 is 1.57 bits per heavy atom. The van der Waals surface area contributed by atoms with Crippen molar-refractivity contribution in [2.24, 2.45) is 0 Å². The third kappa shape index (κ3) is 7.40. The van der Waals surface area contributed by atoms with Gasteiger partial charge in [0.25, 0.3) is 0 Å². The lowest BCUT2D eigenvalue weighted by Gasteiger charge is -2.00. The van der Waals surface area contributed by atoms with E-state index in [4.69, 9.17) is 4.74 Å². The molecule has 114 valence electrons. The van der Waals surface area contributed by atoms with E-state index in [9.17, 15) is 13.0 Å². The van der Waals surface area contributed by atoms with Gasteiger partial charge in [-0.2, -0.15) is 0 Å². The average Bonchev–Trinajstić information content (AvgIpc) is 2.49. The molecule has 0 atom stereocenters. The number of hydrogen-bond acceptors (Lipinski definition) is 5. The maximum atomic E-state index is 9.22. The summed E-state index contributed by atoms with van der Waals surface area (Å²) in [7, 11) is -1.92. The molecule has 0 unspecified atom stereocenters. The predicted molar refractivity (Wildman–Crippen MR) is 75.4 cm³/mol. The SMILES string of the molecule is COS(=O)(=O)[O-].COc1ccc(C[n+]2ccccc2)cc1. The van der Waals surface area contributed by atoms with Crippen molar-refractivity contribution in [3.8, 4) is 5.75 Å². The highest BCUT2D eigenvalue weighted by atomic mass is 32.3. The van der Waals surface area contributed by atoms with E-state index in [1.165, 1.54) is 5.56 Å². The molecule has 0 aliphatic rings. The molecule has 2 aromatic rings. The van der Waals surface area contributed by atoms with Crippen LogP contribution in [0.4, 0.5) is 0 Å². The Labute approximate surface area is 124 Å². The Morgan fingerprint density at radius 3 is 2.00 bits per heavy atom. The molecule has 1 aromatic heterocycles. The second-order valence-corrected chi connectivity index (χ2v) is 5.12. The van der Waals surface area contributed by atoms with Crippen molar-refractivity contribution in [3.05, 3.63) is 60.4 Å². The van der Waals surface area contributed by atoms with E-state index in [1.807, 2.05) is 30.3 Å². The van der Waals surface area contributed by atoms with E-state index in [1.54, 1.807) is 7.11 Å². The molecule has 0 amide bonds. The zero-order valence-electron chi connectivity index (χ0n) is 11.8. The summed E-state index contributed by atoms with van der Waals surface area (Å²) in [6, 6.07) is 14.2. The van der Waals surface area contributed by atoms with Crippen LogP contribution < -0.4 is 9.30 Å². The minimum absolute atomic E-state index is 0.808. The van der Waals surface area contributed by atoms with Crippen molar-refractivity contribution in [1.82, 2.24) is 0 Å². The fourth-order valence-electron chi connectivity index (χ4n) is 1.48. The molecule has 0 N–H and O–H groups in total. The van der Waals surface area contributed by atoms with E-state index in [-0.39, 0.29) is 0 Å². The lowest BCUT2D eigenvalue weighted by Crippen LogP contribution is -2.32. The van der Waals surface area contributed by atoms with Crippen LogP contribution >= 0.6 is 0 Å². The van der Waals surface area contributed by atoms with Crippen molar-refractivity contribution in [3.63, 3.8) is 0 Å². The second kappa shape index (κ2) is 8.35. The Kier molecular flexibility index (Phi) is 6.80. The Morgan fingerprint density at radius 1 is 1.05 bits per heavy atom. The van der Waals surface area contributed by atoms with Crippen molar-refractivity contribution >= 4 is 10.4 Å². The van der Waals surface area contributed by atoms with Gasteiger partial charge in [-0.25, -0.2) is 13.0 Å². The van der Waals surface area contributed by atoms with Crippen molar-refractivity contribution < 1.29 is 26.5 Å². The lowest BCUT2D eigenvalue weighted by molar-refractivity contribution is -0.688. The van der Waals surface area contributed by atoms with Crippen LogP contribution in [-0.2, 0) is 21.1 Å². The summed E-state index contributed by atoms with van der Waals surface area (Å²) < 4.78 is 38.3. The molecule has 0 fully saturated rings. The van der Waals surface area contributed by atoms with Gasteiger partial charge in [-0.1, -0.05) is 6.07 Å². The number of ether oxygens (including phenoxy) is 1. The molecule has 0 saturated heterocycles. The second-order valence-electron chi connectivity index (χ2n) is 3.97. The van der Waals surface area contributed by atoms with E-state index >= 15 is 0 Å². The monoisotopic (exact) mass is 311 g/mol. The Balaban J connectivity index is 0.000000315. The smallest absolute Gasteiger partial charge is 0.217 e. The van der Waals surface area contributed by atoms with Crippen LogP contribution in [0.1, 0.15) is 5.56 Å². The number of aromatic nitrogens is 1. The number of nitrogens with zero attached hydrogens (tertiary/aromatic N) is 1. The van der Waals surface area contributed by atoms with Crippen LogP contribution in [0.3, 0.4) is 0 Å². The highest BCUT2D eigenvalue weighted by Gasteiger charge is 2.00. The highest BCUT2D eigenvalue weighted by molar-refractivity contribution is 7.80. The molecule has 0 bridgehead atoms. The van der Waals surface area contributed by atoms with E-state index in [0.29, 0.717) is 0 Å². The first-order chi connectivity index (χ1) is 9.94. The van der Waals surface area contributed by atoms with Gasteiger partial charge in [0, 0.05) is 17.7 Å². The van der Waals surface area contributed by atoms with E-state index in [2.05, 4.69) is 33.3 Å². The zero-order chi connectivity index (χ0) is 15.7. The standard InChI is InChI=1S/C13H14NO.CH4O4S/c1-15-13-7-5-12(6-8-13)11-14-9-3-2-4-10-14;1-5-6(2,3)4/h2-10H,11H2,1H3;1H3,(H,2,3,4)/q+1;/p-1. The fourth-order valence-corrected chi connectivity index (χ4v) is 1.48. The molecule has 0 saturated carbocycles. The average molecular weight is 311 g/mol. The van der Waals surface area contributed by atoms with Gasteiger partial charge in [-0.05, 0) is 24.3 Å².